The van der Waals surface area contributed by atoms with Gasteiger partial charge < -0.3 is 0 Å². The lowest BCUT2D eigenvalue weighted by molar-refractivity contribution is 0.0949. The molecule has 4 heteroatoms. The summed E-state index contributed by atoms with van der Waals surface area (Å²) in [5, 5.41) is 4.02. The van der Waals surface area contributed by atoms with Crippen molar-refractivity contribution in [2.75, 3.05) is 0 Å². The standard InChI is InChI=1S/C12H17N3O/c1-3-4-7-10(2)14-15-12(16)11-8-5-6-9-13-11/h5-6,8-9H,3-4,7H2,1-2H3,(H,15,16)/b14-10+. The quantitative estimate of drug-likeness (QED) is 0.610. The van der Waals surface area contributed by atoms with Gasteiger partial charge in [0.25, 0.3) is 5.91 Å². The minimum absolute atomic E-state index is 0.267. The summed E-state index contributed by atoms with van der Waals surface area (Å²) in [4.78, 5) is 15.5. The molecular weight excluding hydrogens is 202 g/mol. The van der Waals surface area contributed by atoms with Crippen LogP contribution in [0.5, 0.6) is 0 Å². The van der Waals surface area contributed by atoms with Gasteiger partial charge in [-0.15, -0.1) is 0 Å². The summed E-state index contributed by atoms with van der Waals surface area (Å²) in [6.45, 7) is 4.04. The smallest absolute Gasteiger partial charge is 0.266 e. The van der Waals surface area contributed by atoms with Gasteiger partial charge in [-0.1, -0.05) is 19.4 Å². The van der Waals surface area contributed by atoms with Gasteiger partial charge in [-0.2, -0.15) is 5.10 Å². The average Bonchev–Trinajstić information content (AvgIpc) is 2.34. The molecule has 4 nitrogen and oxygen atoms in total. The first-order valence-corrected chi connectivity index (χ1v) is 5.48. The molecule has 16 heavy (non-hydrogen) atoms. The number of nitrogens with one attached hydrogen (secondary N) is 1. The zero-order valence-corrected chi connectivity index (χ0v) is 9.73. The van der Waals surface area contributed by atoms with Gasteiger partial charge in [0.05, 0.1) is 0 Å². The first-order valence-electron chi connectivity index (χ1n) is 5.48. The number of carbonyl (C=O) groups excluding carboxylic acids is 1. The van der Waals surface area contributed by atoms with E-state index in [-0.39, 0.29) is 5.91 Å². The highest BCUT2D eigenvalue weighted by molar-refractivity contribution is 5.93. The van der Waals surface area contributed by atoms with E-state index in [1.807, 2.05) is 6.92 Å². The number of carbonyl (C=O) groups is 1. The molecule has 1 rings (SSSR count). The third kappa shape index (κ3) is 4.21. The normalized spacial score (nSPS) is 11.2. The maximum Gasteiger partial charge on any atom is 0.289 e. The maximum absolute atomic E-state index is 11.5. The Bertz CT molecular complexity index is 360. The lowest BCUT2D eigenvalue weighted by Crippen LogP contribution is -2.20. The van der Waals surface area contributed by atoms with Crippen molar-refractivity contribution in [2.45, 2.75) is 33.1 Å². The fraction of sp³-hybridized carbons (Fsp3) is 0.417. The van der Waals surface area contributed by atoms with Crippen LogP contribution in [0.25, 0.3) is 0 Å². The summed E-state index contributed by atoms with van der Waals surface area (Å²) in [6.07, 6.45) is 4.72. The van der Waals surface area contributed by atoms with Crippen LogP contribution in [-0.4, -0.2) is 16.6 Å². The van der Waals surface area contributed by atoms with Crippen molar-refractivity contribution in [1.29, 1.82) is 0 Å². The molecule has 1 aromatic heterocycles. The summed E-state index contributed by atoms with van der Waals surface area (Å²) < 4.78 is 0. The highest BCUT2D eigenvalue weighted by Gasteiger charge is 2.03. The van der Waals surface area contributed by atoms with Crippen LogP contribution >= 0.6 is 0 Å². The number of hydrogen-bond donors (Lipinski definition) is 1. The first-order chi connectivity index (χ1) is 7.74. The SMILES string of the molecule is CCCC/C(C)=N/NC(=O)c1ccccn1. The van der Waals surface area contributed by atoms with Crippen LogP contribution in [0.2, 0.25) is 0 Å². The van der Waals surface area contributed by atoms with Crippen LogP contribution in [0.15, 0.2) is 29.5 Å². The Balaban J connectivity index is 2.46. The van der Waals surface area contributed by atoms with Crippen molar-refractivity contribution in [3.8, 4) is 0 Å². The van der Waals surface area contributed by atoms with Crippen molar-refractivity contribution >= 4 is 11.6 Å². The lowest BCUT2D eigenvalue weighted by atomic mass is 10.2. The number of nitrogens with zero attached hydrogens (tertiary/aromatic N) is 2. The number of rotatable bonds is 5. The second kappa shape index (κ2) is 6.71. The van der Waals surface area contributed by atoms with Gasteiger partial charge in [0.15, 0.2) is 0 Å². The summed E-state index contributed by atoms with van der Waals surface area (Å²) in [6, 6.07) is 5.20. The molecule has 0 aliphatic rings. The lowest BCUT2D eigenvalue weighted by Gasteiger charge is -2.01. The number of amides is 1. The summed E-state index contributed by atoms with van der Waals surface area (Å²) in [5.74, 6) is -0.267. The monoisotopic (exact) mass is 219 g/mol. The van der Waals surface area contributed by atoms with Gasteiger partial charge in [-0.3, -0.25) is 9.78 Å². The fourth-order valence-corrected chi connectivity index (χ4v) is 1.19. The highest BCUT2D eigenvalue weighted by atomic mass is 16.2. The molecule has 1 aromatic rings. The van der Waals surface area contributed by atoms with Gasteiger partial charge in [0.2, 0.25) is 0 Å². The molecule has 86 valence electrons. The van der Waals surface area contributed by atoms with E-state index in [4.69, 9.17) is 0 Å². The fourth-order valence-electron chi connectivity index (χ4n) is 1.19. The zero-order valence-electron chi connectivity index (χ0n) is 9.73. The summed E-state index contributed by atoms with van der Waals surface area (Å²) in [5.41, 5.74) is 3.81. The van der Waals surface area contributed by atoms with Gasteiger partial charge in [0.1, 0.15) is 5.69 Å². The largest absolute Gasteiger partial charge is 0.289 e. The molecule has 0 saturated carbocycles. The molecular formula is C12H17N3O. The molecule has 0 radical (unpaired) electrons. The minimum atomic E-state index is -0.267. The molecule has 0 fully saturated rings. The van der Waals surface area contributed by atoms with E-state index >= 15 is 0 Å². The second-order valence-corrected chi connectivity index (χ2v) is 3.61. The van der Waals surface area contributed by atoms with Crippen LogP contribution in [0.1, 0.15) is 43.6 Å². The Kier molecular flexibility index (Phi) is 5.19. The van der Waals surface area contributed by atoms with Crippen molar-refractivity contribution in [2.24, 2.45) is 5.10 Å². The molecule has 0 aliphatic heterocycles. The first kappa shape index (κ1) is 12.4. The Morgan fingerprint density at radius 2 is 2.31 bits per heavy atom. The van der Waals surface area contributed by atoms with Crippen LogP contribution < -0.4 is 5.43 Å². The summed E-state index contributed by atoms with van der Waals surface area (Å²) >= 11 is 0. The third-order valence-electron chi connectivity index (χ3n) is 2.14. The highest BCUT2D eigenvalue weighted by Crippen LogP contribution is 1.97. The van der Waals surface area contributed by atoms with E-state index in [1.54, 1.807) is 24.4 Å². The van der Waals surface area contributed by atoms with Crippen molar-refractivity contribution < 1.29 is 4.79 Å². The number of hydrazone groups is 1. The van der Waals surface area contributed by atoms with Gasteiger partial charge >= 0.3 is 0 Å². The van der Waals surface area contributed by atoms with E-state index in [9.17, 15) is 4.79 Å². The zero-order chi connectivity index (χ0) is 11.8. The topological polar surface area (TPSA) is 54.4 Å². The molecule has 0 unspecified atom stereocenters. The molecule has 0 spiro atoms. The molecule has 0 aliphatic carbocycles. The van der Waals surface area contributed by atoms with E-state index in [2.05, 4.69) is 22.4 Å². The van der Waals surface area contributed by atoms with Crippen molar-refractivity contribution in [1.82, 2.24) is 10.4 Å². The van der Waals surface area contributed by atoms with Crippen molar-refractivity contribution in [3.05, 3.63) is 30.1 Å². The number of hydrogen-bond acceptors (Lipinski definition) is 3. The Labute approximate surface area is 95.8 Å². The average molecular weight is 219 g/mol. The van der Waals surface area contributed by atoms with Crippen LogP contribution in [-0.2, 0) is 0 Å². The second-order valence-electron chi connectivity index (χ2n) is 3.61. The predicted octanol–water partition coefficient (Wildman–Crippen LogP) is 2.38. The number of aromatic nitrogens is 1. The van der Waals surface area contributed by atoms with Gasteiger partial charge in [-0.25, -0.2) is 5.43 Å². The molecule has 0 atom stereocenters. The molecule has 0 saturated heterocycles. The number of unbranched alkanes of at least 4 members (excludes halogenated alkanes) is 1. The summed E-state index contributed by atoms with van der Waals surface area (Å²) in [7, 11) is 0. The third-order valence-corrected chi connectivity index (χ3v) is 2.14. The minimum Gasteiger partial charge on any atom is -0.266 e. The Morgan fingerprint density at radius 3 is 2.94 bits per heavy atom. The maximum atomic E-state index is 11.5. The molecule has 0 aromatic carbocycles. The Morgan fingerprint density at radius 1 is 1.50 bits per heavy atom. The van der Waals surface area contributed by atoms with Crippen LogP contribution in [0.3, 0.4) is 0 Å². The van der Waals surface area contributed by atoms with E-state index in [0.29, 0.717) is 5.69 Å². The number of pyridine rings is 1. The predicted molar refractivity (Wildman–Crippen MR) is 64.3 cm³/mol. The Hall–Kier alpha value is -1.71. The van der Waals surface area contributed by atoms with Crippen LogP contribution in [0, 0.1) is 0 Å². The molecule has 1 heterocycles. The van der Waals surface area contributed by atoms with E-state index < -0.39 is 0 Å². The van der Waals surface area contributed by atoms with E-state index in [1.165, 1.54) is 0 Å². The molecule has 1 N–H and O–H groups in total. The molecule has 0 bridgehead atoms. The van der Waals surface area contributed by atoms with Gasteiger partial charge in [-0.05, 0) is 31.9 Å². The van der Waals surface area contributed by atoms with Crippen LogP contribution in [0.4, 0.5) is 0 Å². The van der Waals surface area contributed by atoms with E-state index in [0.717, 1.165) is 25.0 Å². The molecule has 1 amide bonds. The van der Waals surface area contributed by atoms with Gasteiger partial charge in [0, 0.05) is 11.9 Å². The van der Waals surface area contributed by atoms with Crippen molar-refractivity contribution in [3.63, 3.8) is 0 Å².